The van der Waals surface area contributed by atoms with Crippen molar-refractivity contribution >= 4 is 11.8 Å². The molecular formula is C6H15NO7. The van der Waals surface area contributed by atoms with Crippen molar-refractivity contribution in [3.05, 3.63) is 0 Å². The number of ketones is 1. The van der Waals surface area contributed by atoms with Gasteiger partial charge < -0.3 is 36.8 Å². The molecule has 0 aliphatic rings. The monoisotopic (exact) mass is 213 g/mol. The van der Waals surface area contributed by atoms with Gasteiger partial charge in [0.1, 0.15) is 5.97 Å². The fourth-order valence-corrected chi connectivity index (χ4v) is 0.705. The van der Waals surface area contributed by atoms with Gasteiger partial charge in [0, 0.05) is 12.3 Å². The summed E-state index contributed by atoms with van der Waals surface area (Å²) in [5.41, 5.74) is 0. The number of carboxylic acids is 1. The van der Waals surface area contributed by atoms with E-state index in [4.69, 9.17) is 15.3 Å². The maximum Gasteiger partial charge on any atom is 0.275 e. The molecule has 0 aliphatic heterocycles. The second kappa shape index (κ2) is 6.40. The first-order chi connectivity index (χ1) is 5.24. The van der Waals surface area contributed by atoms with E-state index in [-0.39, 0.29) is 11.6 Å². The summed E-state index contributed by atoms with van der Waals surface area (Å²) in [5.74, 6) is -7.41. The van der Waals surface area contributed by atoms with E-state index < -0.39 is 30.1 Å². The highest BCUT2D eigenvalue weighted by Gasteiger charge is 2.26. The van der Waals surface area contributed by atoms with E-state index in [0.29, 0.717) is 0 Å². The van der Waals surface area contributed by atoms with Gasteiger partial charge in [0.15, 0.2) is 5.78 Å². The molecule has 0 saturated carbocycles. The normalized spacial score (nSPS) is 12.0. The lowest BCUT2D eigenvalue weighted by Crippen LogP contribution is -2.39. The first kappa shape index (κ1) is 18.7. The highest BCUT2D eigenvalue weighted by Crippen LogP contribution is 2.11. The van der Waals surface area contributed by atoms with Crippen LogP contribution >= 0.6 is 0 Å². The number of aliphatic hydroxyl groups is 3. The third kappa shape index (κ3) is 7.58. The number of aliphatic carboxylic acids is 1. The lowest BCUT2D eigenvalue weighted by molar-refractivity contribution is -0.319. The number of carbonyl (C=O) groups excluding carboxylic acids is 2. The molecule has 0 fully saturated rings. The van der Waals surface area contributed by atoms with E-state index >= 15 is 0 Å². The average Bonchev–Trinajstić information content (AvgIpc) is 1.82. The topological polar surface area (TPSA) is 186 Å². The third-order valence-corrected chi connectivity index (χ3v) is 1.23. The summed E-state index contributed by atoms with van der Waals surface area (Å²) in [7, 11) is 0. The van der Waals surface area contributed by atoms with E-state index in [1.807, 2.05) is 0 Å². The van der Waals surface area contributed by atoms with Crippen molar-refractivity contribution in [3.8, 4) is 0 Å². The van der Waals surface area contributed by atoms with Crippen molar-refractivity contribution in [1.82, 2.24) is 6.15 Å². The Balaban J connectivity index is -0.000000605. The number of Topliss-reactive ketones (excluding diaryl/α,β-unsaturated/α-hetero) is 1. The summed E-state index contributed by atoms with van der Waals surface area (Å²) in [6.07, 6.45) is -0.764. The Bertz CT molecular complexity index is 197. The van der Waals surface area contributed by atoms with Crippen molar-refractivity contribution in [2.45, 2.75) is 19.3 Å². The molecule has 86 valence electrons. The molecule has 0 rings (SSSR count). The Hall–Kier alpha value is -1.06. The molecule has 0 radical (unpaired) electrons. The van der Waals surface area contributed by atoms with Gasteiger partial charge in [-0.05, 0) is 0 Å². The first-order valence-electron chi connectivity index (χ1n) is 3.16. The van der Waals surface area contributed by atoms with Gasteiger partial charge in [0.05, 0.1) is 0 Å². The molecule has 0 aromatic carbocycles. The van der Waals surface area contributed by atoms with Crippen molar-refractivity contribution in [3.63, 3.8) is 0 Å². The molecule has 0 saturated heterocycles. The summed E-state index contributed by atoms with van der Waals surface area (Å²) in [5, 5.41) is 35.0. The standard InChI is InChI=1S/C6H10O6.H3N.H2O/c1-3(2-6(10,11)12)4(7)5(8)9;;/h3,10-12H,2H2,1H3,(H,8,9);1H3;1H2. The number of carboxylic acid groups (broad SMARTS) is 1. The molecular weight excluding hydrogens is 198 g/mol. The molecule has 0 heterocycles. The van der Waals surface area contributed by atoms with Crippen LogP contribution in [0.25, 0.3) is 0 Å². The number of hydrogen-bond acceptors (Lipinski definition) is 6. The van der Waals surface area contributed by atoms with Gasteiger partial charge in [-0.25, -0.2) is 0 Å². The fraction of sp³-hybridized carbons (Fsp3) is 0.667. The molecule has 8 nitrogen and oxygen atoms in total. The second-order valence-electron chi connectivity index (χ2n) is 2.53. The van der Waals surface area contributed by atoms with Crippen molar-refractivity contribution in [1.29, 1.82) is 0 Å². The molecule has 8 heteroatoms. The zero-order chi connectivity index (χ0) is 9.94. The third-order valence-electron chi connectivity index (χ3n) is 1.23. The SMILES string of the molecule is CC(CC(O)(O)O)C(=O)C(=O)[O-].O.[NH4+]. The number of rotatable bonds is 4. The Morgan fingerprint density at radius 2 is 1.71 bits per heavy atom. The molecule has 14 heavy (non-hydrogen) atoms. The van der Waals surface area contributed by atoms with E-state index in [1.54, 1.807) is 0 Å². The average molecular weight is 213 g/mol. The lowest BCUT2D eigenvalue weighted by atomic mass is 10.0. The zero-order valence-corrected chi connectivity index (χ0v) is 7.85. The van der Waals surface area contributed by atoms with Crippen molar-refractivity contribution in [2.75, 3.05) is 0 Å². The van der Waals surface area contributed by atoms with E-state index in [9.17, 15) is 14.7 Å². The van der Waals surface area contributed by atoms with Crippen molar-refractivity contribution in [2.24, 2.45) is 5.92 Å². The van der Waals surface area contributed by atoms with E-state index in [2.05, 4.69) is 0 Å². The summed E-state index contributed by atoms with van der Waals surface area (Å²) in [4.78, 5) is 20.4. The first-order valence-corrected chi connectivity index (χ1v) is 3.16. The minimum atomic E-state index is -3.02. The predicted molar refractivity (Wildman–Crippen MR) is 42.8 cm³/mol. The van der Waals surface area contributed by atoms with Crippen LogP contribution in [0.2, 0.25) is 0 Å². The van der Waals surface area contributed by atoms with Gasteiger partial charge in [-0.15, -0.1) is 0 Å². The molecule has 1 atom stereocenters. The van der Waals surface area contributed by atoms with Crippen LogP contribution in [-0.4, -0.2) is 38.5 Å². The maximum atomic E-state index is 10.5. The van der Waals surface area contributed by atoms with Gasteiger partial charge in [-0.1, -0.05) is 6.92 Å². The van der Waals surface area contributed by atoms with Crippen LogP contribution < -0.4 is 11.3 Å². The summed E-state index contributed by atoms with van der Waals surface area (Å²) in [6, 6.07) is 0. The van der Waals surface area contributed by atoms with Gasteiger partial charge in [0.25, 0.3) is 5.97 Å². The molecule has 9 N–H and O–H groups in total. The largest absolute Gasteiger partial charge is 0.542 e. The Morgan fingerprint density at radius 3 is 1.93 bits per heavy atom. The van der Waals surface area contributed by atoms with Crippen molar-refractivity contribution < 1.29 is 35.5 Å². The summed E-state index contributed by atoms with van der Waals surface area (Å²) in [6.45, 7) is 1.13. The maximum absolute atomic E-state index is 10.5. The molecule has 0 aromatic heterocycles. The quantitative estimate of drug-likeness (QED) is 0.277. The number of carbonyl (C=O) groups is 2. The number of hydrogen-bond donors (Lipinski definition) is 4. The molecule has 0 aromatic rings. The Kier molecular flexibility index (Phi) is 8.54. The zero-order valence-electron chi connectivity index (χ0n) is 7.85. The minimum absolute atomic E-state index is 0. The van der Waals surface area contributed by atoms with Crippen LogP contribution in [0, 0.1) is 5.92 Å². The molecule has 0 aliphatic carbocycles. The minimum Gasteiger partial charge on any atom is -0.542 e. The Labute approximate surface area is 79.7 Å². The molecule has 0 spiro atoms. The van der Waals surface area contributed by atoms with Gasteiger partial charge >= 0.3 is 0 Å². The van der Waals surface area contributed by atoms with Crippen LogP contribution in [0.5, 0.6) is 0 Å². The van der Waals surface area contributed by atoms with Gasteiger partial charge in [0.2, 0.25) is 0 Å². The second-order valence-corrected chi connectivity index (χ2v) is 2.53. The van der Waals surface area contributed by atoms with Crippen LogP contribution in [0.4, 0.5) is 0 Å². The van der Waals surface area contributed by atoms with Crippen LogP contribution in [-0.2, 0) is 9.59 Å². The van der Waals surface area contributed by atoms with Crippen LogP contribution in [0.3, 0.4) is 0 Å². The Morgan fingerprint density at radius 1 is 1.36 bits per heavy atom. The van der Waals surface area contributed by atoms with Crippen LogP contribution in [0.1, 0.15) is 13.3 Å². The van der Waals surface area contributed by atoms with E-state index in [1.165, 1.54) is 0 Å². The highest BCUT2D eigenvalue weighted by molar-refractivity contribution is 6.32. The smallest absolute Gasteiger partial charge is 0.275 e. The van der Waals surface area contributed by atoms with Crippen LogP contribution in [0.15, 0.2) is 0 Å². The van der Waals surface area contributed by atoms with Gasteiger partial charge in [-0.3, -0.25) is 4.79 Å². The highest BCUT2D eigenvalue weighted by atomic mass is 16.7. The molecule has 0 bridgehead atoms. The van der Waals surface area contributed by atoms with Gasteiger partial charge in [-0.2, -0.15) is 0 Å². The number of quaternary nitrogens is 1. The summed E-state index contributed by atoms with van der Waals surface area (Å²) < 4.78 is 0. The molecule has 1 unspecified atom stereocenters. The fourth-order valence-electron chi connectivity index (χ4n) is 0.705. The summed E-state index contributed by atoms with van der Waals surface area (Å²) >= 11 is 0. The lowest BCUT2D eigenvalue weighted by Gasteiger charge is -2.18. The predicted octanol–water partition coefficient (Wildman–Crippen LogP) is -3.49. The van der Waals surface area contributed by atoms with E-state index in [0.717, 1.165) is 6.92 Å². The molecule has 0 amide bonds.